The number of nitrogens with zero attached hydrogens (tertiary/aromatic N) is 3. The summed E-state index contributed by atoms with van der Waals surface area (Å²) in [6.45, 7) is 1.64. The van der Waals surface area contributed by atoms with Crippen molar-refractivity contribution in [3.8, 4) is 0 Å². The molecule has 1 amide bonds. The third kappa shape index (κ3) is 4.94. The van der Waals surface area contributed by atoms with Crippen molar-refractivity contribution < 1.29 is 4.79 Å². The molecule has 1 aliphatic heterocycles. The Morgan fingerprint density at radius 3 is 2.78 bits per heavy atom. The average molecular weight is 473 g/mol. The lowest BCUT2D eigenvalue weighted by atomic mass is 10.0. The number of aromatic amines is 1. The van der Waals surface area contributed by atoms with Crippen LogP contribution in [0.2, 0.25) is 10.0 Å². The summed E-state index contributed by atoms with van der Waals surface area (Å²) < 4.78 is 0. The van der Waals surface area contributed by atoms with Crippen LogP contribution in [0.1, 0.15) is 32.1 Å². The van der Waals surface area contributed by atoms with Crippen LogP contribution in [0.4, 0.5) is 11.5 Å². The molecule has 2 fully saturated rings. The Morgan fingerprint density at radius 1 is 1.19 bits per heavy atom. The summed E-state index contributed by atoms with van der Waals surface area (Å²) in [7, 11) is 0. The molecule has 3 heterocycles. The van der Waals surface area contributed by atoms with Crippen LogP contribution in [0.3, 0.4) is 0 Å². The van der Waals surface area contributed by atoms with Gasteiger partial charge in [-0.05, 0) is 49.4 Å². The molecule has 2 aromatic heterocycles. The Hall–Kier alpha value is -2.51. The Bertz CT molecular complexity index is 1090. The van der Waals surface area contributed by atoms with Crippen molar-refractivity contribution >= 4 is 51.6 Å². The zero-order valence-electron chi connectivity index (χ0n) is 17.7. The minimum Gasteiger partial charge on any atom is -0.374 e. The van der Waals surface area contributed by atoms with E-state index in [2.05, 4.69) is 30.5 Å². The first-order valence-electron chi connectivity index (χ1n) is 11.1. The number of hydrogen-bond acceptors (Lipinski definition) is 5. The maximum absolute atomic E-state index is 13.3. The van der Waals surface area contributed by atoms with E-state index in [1.54, 1.807) is 24.5 Å². The molecule has 2 aliphatic rings. The summed E-state index contributed by atoms with van der Waals surface area (Å²) in [6.07, 6.45) is 8.57. The minimum atomic E-state index is -0.317. The highest BCUT2D eigenvalue weighted by Gasteiger charge is 2.31. The van der Waals surface area contributed by atoms with Gasteiger partial charge in [0.2, 0.25) is 5.91 Å². The standard InChI is InChI=1S/C23H26Cl2N6O/c24-15-9-16(25)11-18(10-15)29-20(8-14-3-4-14)23(32)30-17-2-1-7-31(12-17)22-19-5-6-26-21(19)27-13-28-22/h5-6,9-11,13-14,17,20,29H,1-4,7-8,12H2,(H,30,32)(H,26,27,28). The molecule has 3 N–H and O–H groups in total. The quantitative estimate of drug-likeness (QED) is 0.466. The predicted octanol–water partition coefficient (Wildman–Crippen LogP) is 4.63. The lowest BCUT2D eigenvalue weighted by molar-refractivity contribution is -0.122. The predicted molar refractivity (Wildman–Crippen MR) is 128 cm³/mol. The number of halogens is 2. The van der Waals surface area contributed by atoms with Crippen molar-refractivity contribution in [3.63, 3.8) is 0 Å². The molecule has 9 heteroatoms. The van der Waals surface area contributed by atoms with Crippen LogP contribution in [0.15, 0.2) is 36.8 Å². The van der Waals surface area contributed by atoms with Crippen molar-refractivity contribution in [1.29, 1.82) is 0 Å². The van der Waals surface area contributed by atoms with E-state index in [0.29, 0.717) is 16.0 Å². The summed E-state index contributed by atoms with van der Waals surface area (Å²) in [4.78, 5) is 27.5. The average Bonchev–Trinajstić information content (AvgIpc) is 3.45. The van der Waals surface area contributed by atoms with Crippen LogP contribution in [-0.2, 0) is 4.79 Å². The molecule has 3 aromatic rings. The fourth-order valence-corrected chi connectivity index (χ4v) is 4.98. The van der Waals surface area contributed by atoms with Crippen molar-refractivity contribution in [1.82, 2.24) is 20.3 Å². The molecule has 1 saturated heterocycles. The number of piperidine rings is 1. The highest BCUT2D eigenvalue weighted by atomic mass is 35.5. The number of carbonyl (C=O) groups is 1. The number of nitrogens with one attached hydrogen (secondary N) is 3. The lowest BCUT2D eigenvalue weighted by Crippen LogP contribution is -2.52. The smallest absolute Gasteiger partial charge is 0.242 e. The van der Waals surface area contributed by atoms with Crippen molar-refractivity contribution in [2.24, 2.45) is 5.92 Å². The van der Waals surface area contributed by atoms with E-state index in [-0.39, 0.29) is 18.0 Å². The summed E-state index contributed by atoms with van der Waals surface area (Å²) >= 11 is 12.3. The zero-order chi connectivity index (χ0) is 22.1. The zero-order valence-corrected chi connectivity index (χ0v) is 19.2. The molecule has 32 heavy (non-hydrogen) atoms. The van der Waals surface area contributed by atoms with Gasteiger partial charge in [0.25, 0.3) is 0 Å². The molecule has 168 valence electrons. The molecule has 5 rings (SSSR count). The minimum absolute atomic E-state index is 0.0225. The SMILES string of the molecule is O=C(NC1CCCN(c2ncnc3[nH]ccc23)C1)C(CC1CC1)Nc1cc(Cl)cc(Cl)c1. The van der Waals surface area contributed by atoms with E-state index in [1.807, 2.05) is 12.3 Å². The second-order valence-corrected chi connectivity index (χ2v) is 9.64. The molecule has 0 spiro atoms. The Morgan fingerprint density at radius 2 is 2.00 bits per heavy atom. The van der Waals surface area contributed by atoms with E-state index in [9.17, 15) is 4.79 Å². The van der Waals surface area contributed by atoms with E-state index in [4.69, 9.17) is 23.2 Å². The van der Waals surface area contributed by atoms with Crippen LogP contribution < -0.4 is 15.5 Å². The fraction of sp³-hybridized carbons (Fsp3) is 0.435. The van der Waals surface area contributed by atoms with Gasteiger partial charge >= 0.3 is 0 Å². The summed E-state index contributed by atoms with van der Waals surface area (Å²) in [5.41, 5.74) is 1.60. The molecule has 1 aromatic carbocycles. The molecular weight excluding hydrogens is 447 g/mol. The molecule has 1 saturated carbocycles. The van der Waals surface area contributed by atoms with E-state index < -0.39 is 0 Å². The van der Waals surface area contributed by atoms with Gasteiger partial charge in [0.05, 0.1) is 5.39 Å². The second-order valence-electron chi connectivity index (χ2n) is 8.77. The van der Waals surface area contributed by atoms with Gasteiger partial charge in [0.1, 0.15) is 23.8 Å². The number of amides is 1. The molecule has 2 unspecified atom stereocenters. The van der Waals surface area contributed by atoms with Crippen LogP contribution in [0, 0.1) is 5.92 Å². The number of aromatic nitrogens is 3. The van der Waals surface area contributed by atoms with Gasteiger partial charge in [-0.2, -0.15) is 0 Å². The van der Waals surface area contributed by atoms with E-state index in [0.717, 1.165) is 54.9 Å². The van der Waals surface area contributed by atoms with Gasteiger partial charge in [-0.15, -0.1) is 0 Å². The number of anilines is 2. The highest BCUT2D eigenvalue weighted by molar-refractivity contribution is 6.35. The van der Waals surface area contributed by atoms with Crippen LogP contribution in [0.5, 0.6) is 0 Å². The van der Waals surface area contributed by atoms with Gasteiger partial charge in [-0.3, -0.25) is 4.79 Å². The van der Waals surface area contributed by atoms with Crippen LogP contribution in [-0.4, -0.2) is 46.0 Å². The normalized spacial score (nSPS) is 19.7. The highest BCUT2D eigenvalue weighted by Crippen LogP contribution is 2.35. The Labute approximate surface area is 196 Å². The first-order valence-corrected chi connectivity index (χ1v) is 11.9. The van der Waals surface area contributed by atoms with Gasteiger partial charge in [0.15, 0.2) is 0 Å². The van der Waals surface area contributed by atoms with Gasteiger partial charge in [-0.25, -0.2) is 9.97 Å². The summed E-state index contributed by atoms with van der Waals surface area (Å²) in [5, 5.41) is 8.75. The molecule has 0 bridgehead atoms. The Balaban J connectivity index is 1.27. The maximum Gasteiger partial charge on any atom is 0.242 e. The number of hydrogen-bond donors (Lipinski definition) is 3. The third-order valence-corrected chi connectivity index (χ3v) is 6.62. The first kappa shape index (κ1) is 21.3. The lowest BCUT2D eigenvalue weighted by Gasteiger charge is -2.35. The van der Waals surface area contributed by atoms with E-state index >= 15 is 0 Å². The Kier molecular flexibility index (Phi) is 6.11. The number of fused-ring (bicyclic) bond motifs is 1. The molecular formula is C23H26Cl2N6O. The van der Waals surface area contributed by atoms with Gasteiger partial charge < -0.3 is 20.5 Å². The summed E-state index contributed by atoms with van der Waals surface area (Å²) in [5.74, 6) is 1.53. The maximum atomic E-state index is 13.3. The molecule has 7 nitrogen and oxygen atoms in total. The molecule has 0 radical (unpaired) electrons. The molecule has 1 aliphatic carbocycles. The number of carbonyl (C=O) groups excluding carboxylic acids is 1. The first-order chi connectivity index (χ1) is 15.5. The van der Waals surface area contributed by atoms with Crippen LogP contribution in [0.25, 0.3) is 11.0 Å². The van der Waals surface area contributed by atoms with Gasteiger partial charge in [0, 0.05) is 41.1 Å². The number of H-pyrrole nitrogens is 1. The summed E-state index contributed by atoms with van der Waals surface area (Å²) in [6, 6.07) is 7.04. The van der Waals surface area contributed by atoms with Crippen LogP contribution >= 0.6 is 23.2 Å². The largest absolute Gasteiger partial charge is 0.374 e. The second kappa shape index (κ2) is 9.16. The van der Waals surface area contributed by atoms with Gasteiger partial charge in [-0.1, -0.05) is 36.0 Å². The monoisotopic (exact) mass is 472 g/mol. The number of benzene rings is 1. The number of rotatable bonds is 7. The fourth-order valence-electron chi connectivity index (χ4n) is 4.46. The van der Waals surface area contributed by atoms with Crippen molar-refractivity contribution in [3.05, 3.63) is 46.8 Å². The van der Waals surface area contributed by atoms with Crippen molar-refractivity contribution in [2.75, 3.05) is 23.3 Å². The van der Waals surface area contributed by atoms with E-state index in [1.165, 1.54) is 12.8 Å². The topological polar surface area (TPSA) is 85.9 Å². The van der Waals surface area contributed by atoms with Crippen molar-refractivity contribution in [2.45, 2.75) is 44.2 Å². The third-order valence-electron chi connectivity index (χ3n) is 6.19. The molecule has 2 atom stereocenters.